The van der Waals surface area contributed by atoms with Crippen LogP contribution in [0.15, 0.2) is 72.9 Å². The third-order valence-electron chi connectivity index (χ3n) is 11.6. The lowest BCUT2D eigenvalue weighted by Gasteiger charge is -2.30. The average molecular weight is 778 g/mol. The molecule has 1 saturated heterocycles. The predicted molar refractivity (Wildman–Crippen MR) is 221 cm³/mol. The van der Waals surface area contributed by atoms with E-state index in [0.717, 1.165) is 107 Å². The number of carbonyl (C=O) groups excluding carboxylic acids is 1. The van der Waals surface area contributed by atoms with Crippen LogP contribution in [0.3, 0.4) is 0 Å². The van der Waals surface area contributed by atoms with Gasteiger partial charge in [0.25, 0.3) is 0 Å². The van der Waals surface area contributed by atoms with Crippen molar-refractivity contribution in [3.8, 4) is 33.8 Å². The number of carboxylic acids is 1. The average Bonchev–Trinajstić information content (AvgIpc) is 3.81. The Bertz CT molecular complexity index is 2210. The minimum atomic E-state index is -0.658. The molecule has 2 heterocycles. The van der Waals surface area contributed by atoms with Crippen molar-refractivity contribution < 1.29 is 24.2 Å². The number of ether oxygens (including phenoxy) is 2. The zero-order valence-corrected chi connectivity index (χ0v) is 33.5. The van der Waals surface area contributed by atoms with Crippen molar-refractivity contribution in [2.24, 2.45) is 11.8 Å². The normalized spacial score (nSPS) is 18.4. The summed E-state index contributed by atoms with van der Waals surface area (Å²) in [5, 5.41) is 22.4. The number of carbonyl (C=O) groups is 2. The van der Waals surface area contributed by atoms with Crippen LogP contribution in [0.5, 0.6) is 11.5 Å². The Morgan fingerprint density at radius 1 is 0.946 bits per heavy atom. The van der Waals surface area contributed by atoms with Gasteiger partial charge in [0.05, 0.1) is 43.4 Å². The third-order valence-corrected chi connectivity index (χ3v) is 12.0. The molecule has 11 heteroatoms. The van der Waals surface area contributed by atoms with Gasteiger partial charge in [-0.1, -0.05) is 60.1 Å². The van der Waals surface area contributed by atoms with Gasteiger partial charge in [0.15, 0.2) is 0 Å². The zero-order valence-electron chi connectivity index (χ0n) is 32.7. The van der Waals surface area contributed by atoms with Gasteiger partial charge in [0, 0.05) is 66.3 Å². The fourth-order valence-electron chi connectivity index (χ4n) is 8.52. The molecule has 1 amide bonds. The van der Waals surface area contributed by atoms with Gasteiger partial charge in [-0.3, -0.25) is 14.3 Å². The molecule has 1 aliphatic carbocycles. The first kappa shape index (κ1) is 39.3. The maximum absolute atomic E-state index is 11.6. The molecule has 1 aliphatic heterocycles. The van der Waals surface area contributed by atoms with Crippen LogP contribution >= 0.6 is 11.6 Å². The standard InChI is InChI=1S/C45H52ClN5O5/c1-28-19-34(26-50(2)25-29-11-13-30(14-12-29)45(53)54)42(56-4)21-33(28)27-51-40-10-6-8-37(39(40)24-48-51)38-9-5-7-36(44(38)46)31-15-16-32(41(20-31)55-3)22-47-23-35-17-18-43(52)49-35/h5-10,15-16,19-21,24,29-30,35,47H,11-14,17-18,22-23,25-27H2,1-4H3,(H,49,52)(H,53,54)/t29?,30?,35-/m0/s1. The van der Waals surface area contributed by atoms with E-state index in [4.69, 9.17) is 26.2 Å². The maximum Gasteiger partial charge on any atom is 0.306 e. The van der Waals surface area contributed by atoms with Gasteiger partial charge in [-0.05, 0) is 92.4 Å². The van der Waals surface area contributed by atoms with Crippen LogP contribution in [-0.4, -0.2) is 72.1 Å². The zero-order chi connectivity index (χ0) is 39.3. The molecular formula is C45H52ClN5O5. The molecule has 0 radical (unpaired) electrons. The SMILES string of the molecule is COc1cc(-c2cccc(-c3cccc4c3cnn4Cc3cc(OC)c(CN(C)CC4CCC(C(=O)O)CC4)cc3C)c2Cl)ccc1CNC[C@@H]1CCC(=O)N1. The van der Waals surface area contributed by atoms with E-state index in [0.29, 0.717) is 37.0 Å². The number of fused-ring (bicyclic) bond motifs is 1. The number of hydrogen-bond donors (Lipinski definition) is 3. The number of methoxy groups -OCH3 is 2. The van der Waals surface area contributed by atoms with Crippen LogP contribution in [0.4, 0.5) is 0 Å². The van der Waals surface area contributed by atoms with E-state index in [1.165, 1.54) is 5.56 Å². The van der Waals surface area contributed by atoms with E-state index in [-0.39, 0.29) is 17.9 Å². The number of halogens is 1. The van der Waals surface area contributed by atoms with Crippen molar-refractivity contribution in [3.63, 3.8) is 0 Å². The second kappa shape index (κ2) is 17.5. The van der Waals surface area contributed by atoms with E-state index in [9.17, 15) is 14.7 Å². The van der Waals surface area contributed by atoms with E-state index in [1.54, 1.807) is 14.2 Å². The molecule has 3 N–H and O–H groups in total. The molecule has 2 fully saturated rings. The highest BCUT2D eigenvalue weighted by atomic mass is 35.5. The molecule has 1 saturated carbocycles. The highest BCUT2D eigenvalue weighted by molar-refractivity contribution is 6.36. The highest BCUT2D eigenvalue weighted by Gasteiger charge is 2.27. The first-order valence-corrected chi connectivity index (χ1v) is 20.0. The summed E-state index contributed by atoms with van der Waals surface area (Å²) in [7, 11) is 5.54. The second-order valence-corrected chi connectivity index (χ2v) is 15.9. The fraction of sp³-hybridized carbons (Fsp3) is 0.400. The summed E-state index contributed by atoms with van der Waals surface area (Å²) in [6, 6.07) is 23.1. The quantitative estimate of drug-likeness (QED) is 0.0977. The van der Waals surface area contributed by atoms with Crippen molar-refractivity contribution in [1.82, 2.24) is 25.3 Å². The smallest absolute Gasteiger partial charge is 0.306 e. The number of aliphatic carboxylic acids is 1. The van der Waals surface area contributed by atoms with Gasteiger partial charge in [-0.2, -0.15) is 5.10 Å². The topological polar surface area (TPSA) is 118 Å². The number of amides is 1. The maximum atomic E-state index is 11.6. The third kappa shape index (κ3) is 8.73. The van der Waals surface area contributed by atoms with Crippen molar-refractivity contribution in [3.05, 3.63) is 100 Å². The lowest BCUT2D eigenvalue weighted by molar-refractivity contribution is -0.143. The molecule has 4 aromatic carbocycles. The number of carboxylic acid groups (broad SMARTS) is 1. The summed E-state index contributed by atoms with van der Waals surface area (Å²) in [5.41, 5.74) is 9.31. The van der Waals surface area contributed by atoms with Crippen LogP contribution < -0.4 is 20.1 Å². The molecule has 2 aliphatic rings. The monoisotopic (exact) mass is 777 g/mol. The minimum absolute atomic E-state index is 0.118. The number of nitrogens with one attached hydrogen (secondary N) is 2. The lowest BCUT2D eigenvalue weighted by Crippen LogP contribution is -2.35. The van der Waals surface area contributed by atoms with Gasteiger partial charge >= 0.3 is 5.97 Å². The van der Waals surface area contributed by atoms with Crippen LogP contribution in [0.25, 0.3) is 33.2 Å². The Hall–Kier alpha value is -4.90. The van der Waals surface area contributed by atoms with Crippen LogP contribution in [-0.2, 0) is 29.2 Å². The van der Waals surface area contributed by atoms with Gasteiger partial charge in [-0.25, -0.2) is 0 Å². The summed E-state index contributed by atoms with van der Waals surface area (Å²) in [6.45, 7) is 5.76. The first-order chi connectivity index (χ1) is 27.1. The molecule has 5 aromatic rings. The second-order valence-electron chi connectivity index (χ2n) is 15.5. The summed E-state index contributed by atoms with van der Waals surface area (Å²) in [6.07, 6.45) is 6.82. The lowest BCUT2D eigenvalue weighted by atomic mass is 9.82. The van der Waals surface area contributed by atoms with Crippen molar-refractivity contribution >= 4 is 34.4 Å². The van der Waals surface area contributed by atoms with E-state index in [2.05, 4.69) is 78.0 Å². The Kier molecular flexibility index (Phi) is 12.3. The minimum Gasteiger partial charge on any atom is -0.496 e. The van der Waals surface area contributed by atoms with E-state index in [1.807, 2.05) is 29.1 Å². The van der Waals surface area contributed by atoms with Gasteiger partial charge in [-0.15, -0.1) is 0 Å². The van der Waals surface area contributed by atoms with Crippen molar-refractivity contribution in [1.29, 1.82) is 0 Å². The Morgan fingerprint density at radius 3 is 2.41 bits per heavy atom. The number of nitrogens with zero attached hydrogens (tertiary/aromatic N) is 3. The van der Waals surface area contributed by atoms with Crippen LogP contribution in [0.1, 0.15) is 60.8 Å². The summed E-state index contributed by atoms with van der Waals surface area (Å²) < 4.78 is 13.8. The van der Waals surface area contributed by atoms with Gasteiger partial charge in [0.2, 0.25) is 5.91 Å². The molecule has 0 unspecified atom stereocenters. The van der Waals surface area contributed by atoms with Crippen LogP contribution in [0, 0.1) is 18.8 Å². The first-order valence-electron chi connectivity index (χ1n) is 19.6. The molecule has 10 nitrogen and oxygen atoms in total. The number of aromatic nitrogens is 2. The largest absolute Gasteiger partial charge is 0.496 e. The number of hydrogen-bond acceptors (Lipinski definition) is 7. The Labute approximate surface area is 334 Å². The molecule has 56 heavy (non-hydrogen) atoms. The Balaban J connectivity index is 1.07. The molecule has 7 rings (SSSR count). The summed E-state index contributed by atoms with van der Waals surface area (Å²) >= 11 is 7.24. The number of rotatable bonds is 15. The highest BCUT2D eigenvalue weighted by Crippen LogP contribution is 2.40. The van der Waals surface area contributed by atoms with E-state index < -0.39 is 5.97 Å². The van der Waals surface area contributed by atoms with Crippen molar-refractivity contribution in [2.45, 2.75) is 71.1 Å². The van der Waals surface area contributed by atoms with Gasteiger partial charge < -0.3 is 30.1 Å². The molecule has 0 spiro atoms. The summed E-state index contributed by atoms with van der Waals surface area (Å²) in [4.78, 5) is 25.3. The van der Waals surface area contributed by atoms with Gasteiger partial charge in [0.1, 0.15) is 11.5 Å². The predicted octanol–water partition coefficient (Wildman–Crippen LogP) is 8.09. The fourth-order valence-corrected chi connectivity index (χ4v) is 8.86. The van der Waals surface area contributed by atoms with Crippen LogP contribution in [0.2, 0.25) is 5.02 Å². The Morgan fingerprint density at radius 2 is 1.68 bits per heavy atom. The number of aryl methyl sites for hydroxylation is 1. The number of benzene rings is 4. The molecule has 1 aromatic heterocycles. The molecule has 294 valence electrons. The van der Waals surface area contributed by atoms with E-state index >= 15 is 0 Å². The molecular weight excluding hydrogens is 726 g/mol. The molecule has 1 atom stereocenters. The summed E-state index contributed by atoms with van der Waals surface area (Å²) in [5.74, 6) is 1.41. The van der Waals surface area contributed by atoms with Crippen molar-refractivity contribution in [2.75, 3.05) is 34.4 Å². The molecule has 0 bridgehead atoms.